The quantitative estimate of drug-likeness (QED) is 0.528. The van der Waals surface area contributed by atoms with Gasteiger partial charge in [0.25, 0.3) is 0 Å². The van der Waals surface area contributed by atoms with Gasteiger partial charge in [-0.05, 0) is 29.2 Å². The summed E-state index contributed by atoms with van der Waals surface area (Å²) < 4.78 is 11.7. The Labute approximate surface area is 174 Å². The number of rotatable bonds is 2. The van der Waals surface area contributed by atoms with Crippen LogP contribution in [0.5, 0.6) is 0 Å². The average molecular weight is 398 g/mol. The summed E-state index contributed by atoms with van der Waals surface area (Å²) in [6.07, 6.45) is 3.01. The summed E-state index contributed by atoms with van der Waals surface area (Å²) in [4.78, 5) is 25.8. The van der Waals surface area contributed by atoms with Gasteiger partial charge in [-0.25, -0.2) is 4.79 Å². The van der Waals surface area contributed by atoms with E-state index in [1.165, 1.54) is 0 Å². The van der Waals surface area contributed by atoms with E-state index in [-0.39, 0.29) is 17.1 Å². The van der Waals surface area contributed by atoms with Crippen molar-refractivity contribution in [2.75, 3.05) is 0 Å². The van der Waals surface area contributed by atoms with Crippen molar-refractivity contribution in [2.24, 2.45) is 5.41 Å². The predicted octanol–water partition coefficient (Wildman–Crippen LogP) is 5.59. The van der Waals surface area contributed by atoms with Crippen LogP contribution in [0.3, 0.4) is 0 Å². The Morgan fingerprint density at radius 1 is 0.933 bits per heavy atom. The van der Waals surface area contributed by atoms with E-state index in [4.69, 9.17) is 9.15 Å². The Morgan fingerprint density at radius 2 is 1.67 bits per heavy atom. The number of ether oxygens (including phenoxy) is 1. The highest BCUT2D eigenvalue weighted by Gasteiger charge is 2.40. The Hall–Kier alpha value is -3.40. The van der Waals surface area contributed by atoms with Crippen LogP contribution < -0.4 is 5.63 Å². The third-order valence-corrected chi connectivity index (χ3v) is 5.81. The lowest BCUT2D eigenvalue weighted by molar-refractivity contribution is -0.118. The number of ketones is 1. The lowest BCUT2D eigenvalue weighted by atomic mass is 9.71. The van der Waals surface area contributed by atoms with Crippen molar-refractivity contribution >= 4 is 22.5 Å². The monoisotopic (exact) mass is 398 g/mol. The molecule has 0 radical (unpaired) electrons. The van der Waals surface area contributed by atoms with E-state index in [1.54, 1.807) is 12.1 Å². The lowest BCUT2D eigenvalue weighted by Crippen LogP contribution is -2.31. The fraction of sp³-hybridized carbons (Fsp3) is 0.231. The van der Waals surface area contributed by atoms with Gasteiger partial charge in [0.05, 0.1) is 0 Å². The molecule has 0 N–H and O–H groups in total. The fourth-order valence-corrected chi connectivity index (χ4v) is 4.42. The van der Waals surface area contributed by atoms with Gasteiger partial charge in [-0.15, -0.1) is 0 Å². The van der Waals surface area contributed by atoms with Crippen LogP contribution in [0, 0.1) is 5.41 Å². The first-order chi connectivity index (χ1) is 14.4. The standard InChI is InChI=1S/C26H22O4/c1-26(2)14-20(27)24-18(16-8-4-3-5-9-16)13-22(29-23(24)15-26)19-12-17-10-6-7-11-21(17)30-25(19)28/h3-13,18H,14-15H2,1-2H3. The van der Waals surface area contributed by atoms with Crippen molar-refractivity contribution in [2.45, 2.75) is 32.6 Å². The molecule has 1 unspecified atom stereocenters. The second kappa shape index (κ2) is 6.84. The van der Waals surface area contributed by atoms with Crippen LogP contribution in [0.25, 0.3) is 16.7 Å². The van der Waals surface area contributed by atoms with E-state index in [2.05, 4.69) is 13.8 Å². The molecule has 30 heavy (non-hydrogen) atoms. The van der Waals surface area contributed by atoms with Crippen LogP contribution in [0.1, 0.15) is 43.7 Å². The van der Waals surface area contributed by atoms with Gasteiger partial charge in [0.2, 0.25) is 0 Å². The molecule has 1 atom stereocenters. The SMILES string of the molecule is CC1(C)CC(=O)C2=C(C1)OC(c1cc3ccccc3oc1=O)=CC2c1ccccc1. The molecule has 4 heteroatoms. The Morgan fingerprint density at radius 3 is 2.47 bits per heavy atom. The van der Waals surface area contributed by atoms with Gasteiger partial charge in [-0.2, -0.15) is 0 Å². The second-order valence-electron chi connectivity index (χ2n) is 8.78. The minimum absolute atomic E-state index is 0.107. The summed E-state index contributed by atoms with van der Waals surface area (Å²) in [5.74, 6) is 0.970. The molecular formula is C26H22O4. The number of allylic oxidation sites excluding steroid dienone is 3. The minimum atomic E-state index is -0.447. The highest BCUT2D eigenvalue weighted by atomic mass is 16.5. The number of hydrogen-bond donors (Lipinski definition) is 0. The molecule has 2 aromatic carbocycles. The minimum Gasteiger partial charge on any atom is -0.461 e. The van der Waals surface area contributed by atoms with Crippen molar-refractivity contribution < 1.29 is 13.9 Å². The van der Waals surface area contributed by atoms with E-state index < -0.39 is 5.63 Å². The van der Waals surface area contributed by atoms with Crippen LogP contribution in [0.4, 0.5) is 0 Å². The molecule has 0 fully saturated rings. The number of carbonyl (C=O) groups excluding carboxylic acids is 1. The first-order valence-corrected chi connectivity index (χ1v) is 10.2. The summed E-state index contributed by atoms with van der Waals surface area (Å²) >= 11 is 0. The zero-order valence-electron chi connectivity index (χ0n) is 17.0. The number of carbonyl (C=O) groups is 1. The second-order valence-corrected chi connectivity index (χ2v) is 8.78. The van der Waals surface area contributed by atoms with Crippen LogP contribution in [0.15, 0.2) is 87.3 Å². The molecule has 5 rings (SSSR count). The molecule has 0 spiro atoms. The molecule has 1 aliphatic carbocycles. The van der Waals surface area contributed by atoms with Crippen LogP contribution >= 0.6 is 0 Å². The summed E-state index contributed by atoms with van der Waals surface area (Å²) in [5.41, 5.74) is 1.98. The topological polar surface area (TPSA) is 56.5 Å². The molecule has 2 aliphatic rings. The van der Waals surface area contributed by atoms with Gasteiger partial charge in [-0.1, -0.05) is 62.4 Å². The number of benzene rings is 2. The van der Waals surface area contributed by atoms with Crippen molar-refractivity contribution in [3.63, 3.8) is 0 Å². The first kappa shape index (κ1) is 18.6. The zero-order valence-corrected chi connectivity index (χ0v) is 17.0. The molecule has 0 amide bonds. The zero-order chi connectivity index (χ0) is 20.9. The lowest BCUT2D eigenvalue weighted by Gasteiger charge is -2.36. The smallest absolute Gasteiger partial charge is 0.347 e. The van der Waals surface area contributed by atoms with Crippen molar-refractivity contribution in [3.8, 4) is 0 Å². The van der Waals surface area contributed by atoms with Crippen LogP contribution in [0.2, 0.25) is 0 Å². The number of para-hydroxylation sites is 1. The maximum Gasteiger partial charge on any atom is 0.347 e. The van der Waals surface area contributed by atoms with Gasteiger partial charge in [-0.3, -0.25) is 4.79 Å². The van der Waals surface area contributed by atoms with Gasteiger partial charge >= 0.3 is 5.63 Å². The number of fused-ring (bicyclic) bond motifs is 1. The van der Waals surface area contributed by atoms with Gasteiger partial charge in [0.1, 0.15) is 22.7 Å². The van der Waals surface area contributed by atoms with Crippen molar-refractivity contribution in [3.05, 3.63) is 99.6 Å². The van der Waals surface area contributed by atoms with Gasteiger partial charge < -0.3 is 9.15 Å². The summed E-state index contributed by atoms with van der Waals surface area (Å²) in [6.45, 7) is 4.13. The fourth-order valence-electron chi connectivity index (χ4n) is 4.42. The molecule has 0 saturated heterocycles. The third-order valence-electron chi connectivity index (χ3n) is 5.81. The molecule has 0 bridgehead atoms. The predicted molar refractivity (Wildman–Crippen MR) is 116 cm³/mol. The number of hydrogen-bond acceptors (Lipinski definition) is 4. The maximum absolute atomic E-state index is 13.1. The molecular weight excluding hydrogens is 376 g/mol. The highest BCUT2D eigenvalue weighted by molar-refractivity contribution is 6.00. The molecule has 1 aromatic heterocycles. The van der Waals surface area contributed by atoms with E-state index in [1.807, 2.05) is 54.6 Å². The largest absolute Gasteiger partial charge is 0.461 e. The van der Waals surface area contributed by atoms with Crippen LogP contribution in [-0.2, 0) is 9.53 Å². The molecule has 3 aromatic rings. The Bertz CT molecular complexity index is 1280. The van der Waals surface area contributed by atoms with Gasteiger partial charge in [0.15, 0.2) is 5.78 Å². The van der Waals surface area contributed by atoms with E-state index in [0.29, 0.717) is 41.1 Å². The summed E-state index contributed by atoms with van der Waals surface area (Å²) in [6, 6.07) is 19.1. The van der Waals surface area contributed by atoms with E-state index >= 15 is 0 Å². The third kappa shape index (κ3) is 3.18. The average Bonchev–Trinajstić information content (AvgIpc) is 2.72. The van der Waals surface area contributed by atoms with Gasteiger partial charge in [0, 0.05) is 29.7 Å². The normalized spacial score (nSPS) is 20.5. The Balaban J connectivity index is 1.68. The summed E-state index contributed by atoms with van der Waals surface area (Å²) in [5, 5.41) is 0.827. The highest BCUT2D eigenvalue weighted by Crippen LogP contribution is 2.47. The Kier molecular flexibility index (Phi) is 4.24. The maximum atomic E-state index is 13.1. The molecule has 150 valence electrons. The molecule has 1 aliphatic heterocycles. The van der Waals surface area contributed by atoms with Crippen molar-refractivity contribution in [1.29, 1.82) is 0 Å². The van der Waals surface area contributed by atoms with Crippen LogP contribution in [-0.4, -0.2) is 5.78 Å². The van der Waals surface area contributed by atoms with E-state index in [0.717, 1.165) is 10.9 Å². The molecule has 2 heterocycles. The molecule has 4 nitrogen and oxygen atoms in total. The van der Waals surface area contributed by atoms with Crippen molar-refractivity contribution in [1.82, 2.24) is 0 Å². The summed E-state index contributed by atoms with van der Waals surface area (Å²) in [7, 11) is 0. The number of Topliss-reactive ketones (excluding diaryl/α,β-unsaturated/α-hetero) is 1. The molecule has 0 saturated carbocycles. The first-order valence-electron chi connectivity index (χ1n) is 10.2. The van der Waals surface area contributed by atoms with E-state index in [9.17, 15) is 9.59 Å².